The smallest absolute Gasteiger partial charge is 0.229 e. The van der Waals surface area contributed by atoms with Gasteiger partial charge in [-0.25, -0.2) is 9.97 Å². The van der Waals surface area contributed by atoms with E-state index in [9.17, 15) is 0 Å². The molecule has 1 aliphatic carbocycles. The van der Waals surface area contributed by atoms with Crippen molar-refractivity contribution in [1.82, 2.24) is 15.3 Å². The molecule has 3 aromatic rings. The van der Waals surface area contributed by atoms with Crippen LogP contribution in [0.15, 0.2) is 47.2 Å². The number of nitrogens with zero attached hydrogens (tertiary/aromatic N) is 3. The van der Waals surface area contributed by atoms with Crippen LogP contribution in [0.5, 0.6) is 0 Å². The summed E-state index contributed by atoms with van der Waals surface area (Å²) < 4.78 is 5.63. The number of oxazole rings is 1. The number of piperidine rings is 1. The molecule has 0 radical (unpaired) electrons. The topological polar surface area (TPSA) is 54.2 Å². The Bertz CT molecular complexity index is 910. The molecular formula is C23H28N4O. The van der Waals surface area contributed by atoms with Gasteiger partial charge in [-0.3, -0.25) is 0 Å². The molecule has 1 N–H and O–H groups in total. The summed E-state index contributed by atoms with van der Waals surface area (Å²) in [4.78, 5) is 11.8. The standard InChI is InChI=1S/C23H28N4O/c1-2-7-18(8-3-1)25-19-10-13-27(14-11-19)22-20(23-24-12-15-28-23)16-17-6-4-5-9-21(17)26-22/h4-6,9,12,15-16,18-19,25H,1-3,7-8,10-11,13-14H2. The van der Waals surface area contributed by atoms with Gasteiger partial charge >= 0.3 is 0 Å². The maximum absolute atomic E-state index is 5.63. The minimum Gasteiger partial charge on any atom is -0.444 e. The lowest BCUT2D eigenvalue weighted by Gasteiger charge is -2.36. The van der Waals surface area contributed by atoms with Crippen LogP contribution in [-0.2, 0) is 0 Å². The third-order valence-electron chi connectivity index (χ3n) is 6.24. The average molecular weight is 377 g/mol. The number of anilines is 1. The molecule has 146 valence electrons. The molecule has 0 unspecified atom stereocenters. The van der Waals surface area contributed by atoms with E-state index in [4.69, 9.17) is 9.40 Å². The van der Waals surface area contributed by atoms with Crippen molar-refractivity contribution in [3.8, 4) is 11.5 Å². The summed E-state index contributed by atoms with van der Waals surface area (Å²) in [6.45, 7) is 2.03. The molecule has 0 spiro atoms. The number of hydrogen-bond acceptors (Lipinski definition) is 5. The second-order valence-corrected chi connectivity index (χ2v) is 8.15. The first-order valence-corrected chi connectivity index (χ1v) is 10.7. The van der Waals surface area contributed by atoms with Gasteiger partial charge in [0, 0.05) is 30.6 Å². The van der Waals surface area contributed by atoms with Crippen molar-refractivity contribution in [3.05, 3.63) is 42.8 Å². The molecule has 5 nitrogen and oxygen atoms in total. The summed E-state index contributed by atoms with van der Waals surface area (Å²) in [5, 5.41) is 5.04. The lowest BCUT2D eigenvalue weighted by Crippen LogP contribution is -2.47. The van der Waals surface area contributed by atoms with E-state index in [1.807, 2.05) is 12.1 Å². The third kappa shape index (κ3) is 3.63. The van der Waals surface area contributed by atoms with E-state index >= 15 is 0 Å². The first-order chi connectivity index (χ1) is 13.9. The summed E-state index contributed by atoms with van der Waals surface area (Å²) in [7, 11) is 0. The first kappa shape index (κ1) is 17.7. The van der Waals surface area contributed by atoms with Crippen molar-refractivity contribution in [2.24, 2.45) is 0 Å². The van der Waals surface area contributed by atoms with E-state index in [0.717, 1.165) is 54.3 Å². The van der Waals surface area contributed by atoms with Crippen LogP contribution in [0.2, 0.25) is 0 Å². The highest BCUT2D eigenvalue weighted by Crippen LogP contribution is 2.33. The molecular weight excluding hydrogens is 348 g/mol. The quantitative estimate of drug-likeness (QED) is 0.710. The number of benzene rings is 1. The Kier molecular flexibility index (Phi) is 5.00. The van der Waals surface area contributed by atoms with Crippen LogP contribution in [0, 0.1) is 0 Å². The van der Waals surface area contributed by atoms with Gasteiger partial charge in [-0.2, -0.15) is 0 Å². The molecule has 2 aromatic heterocycles. The van der Waals surface area contributed by atoms with E-state index < -0.39 is 0 Å². The number of fused-ring (bicyclic) bond motifs is 1. The van der Waals surface area contributed by atoms with Crippen LogP contribution in [0.25, 0.3) is 22.4 Å². The molecule has 5 rings (SSSR count). The highest BCUT2D eigenvalue weighted by Gasteiger charge is 2.26. The fraction of sp³-hybridized carbons (Fsp3) is 0.478. The lowest BCUT2D eigenvalue weighted by molar-refractivity contribution is 0.307. The maximum atomic E-state index is 5.63. The van der Waals surface area contributed by atoms with E-state index in [1.54, 1.807) is 12.5 Å². The number of rotatable bonds is 4. The highest BCUT2D eigenvalue weighted by atomic mass is 16.3. The molecule has 1 saturated heterocycles. The molecule has 3 heterocycles. The fourth-order valence-corrected chi connectivity index (χ4v) is 4.72. The largest absolute Gasteiger partial charge is 0.444 e. The van der Waals surface area contributed by atoms with Crippen LogP contribution in [0.1, 0.15) is 44.9 Å². The fourth-order valence-electron chi connectivity index (χ4n) is 4.72. The number of hydrogen-bond donors (Lipinski definition) is 1. The first-order valence-electron chi connectivity index (χ1n) is 10.7. The molecule has 2 fully saturated rings. The Balaban J connectivity index is 1.36. The Labute approximate surface area is 166 Å². The van der Waals surface area contributed by atoms with Gasteiger partial charge in [-0.15, -0.1) is 0 Å². The second kappa shape index (κ2) is 7.92. The van der Waals surface area contributed by atoms with Crippen LogP contribution in [0.4, 0.5) is 5.82 Å². The summed E-state index contributed by atoms with van der Waals surface area (Å²) in [5.74, 6) is 1.65. The van der Waals surface area contributed by atoms with Crippen molar-refractivity contribution < 1.29 is 4.42 Å². The van der Waals surface area contributed by atoms with Gasteiger partial charge in [0.1, 0.15) is 12.1 Å². The van der Waals surface area contributed by atoms with E-state index in [1.165, 1.54) is 32.1 Å². The zero-order chi connectivity index (χ0) is 18.8. The Morgan fingerprint density at radius 3 is 2.54 bits per heavy atom. The van der Waals surface area contributed by atoms with Crippen LogP contribution in [0.3, 0.4) is 0 Å². The van der Waals surface area contributed by atoms with Gasteiger partial charge in [-0.1, -0.05) is 37.5 Å². The molecule has 1 saturated carbocycles. The van der Waals surface area contributed by atoms with E-state index in [0.29, 0.717) is 11.9 Å². The maximum Gasteiger partial charge on any atom is 0.229 e. The summed E-state index contributed by atoms with van der Waals surface area (Å²) >= 11 is 0. The Morgan fingerprint density at radius 2 is 1.75 bits per heavy atom. The van der Waals surface area contributed by atoms with Crippen LogP contribution in [-0.4, -0.2) is 35.1 Å². The normalized spacial score (nSPS) is 19.4. The van der Waals surface area contributed by atoms with Crippen LogP contribution >= 0.6 is 0 Å². The number of pyridine rings is 1. The third-order valence-corrected chi connectivity index (χ3v) is 6.24. The van der Waals surface area contributed by atoms with E-state index in [-0.39, 0.29) is 0 Å². The zero-order valence-electron chi connectivity index (χ0n) is 16.3. The molecule has 28 heavy (non-hydrogen) atoms. The number of aromatic nitrogens is 2. The molecule has 1 aliphatic heterocycles. The van der Waals surface area contributed by atoms with Crippen molar-refractivity contribution in [2.45, 2.75) is 57.0 Å². The second-order valence-electron chi connectivity index (χ2n) is 8.15. The number of nitrogens with one attached hydrogen (secondary N) is 1. The predicted molar refractivity (Wildman–Crippen MR) is 112 cm³/mol. The van der Waals surface area contributed by atoms with Gasteiger partial charge in [-0.05, 0) is 37.8 Å². The van der Waals surface area contributed by atoms with Gasteiger partial charge in [0.2, 0.25) is 5.89 Å². The van der Waals surface area contributed by atoms with Gasteiger partial charge < -0.3 is 14.6 Å². The average Bonchev–Trinajstić information content (AvgIpc) is 3.29. The van der Waals surface area contributed by atoms with Gasteiger partial charge in [0.15, 0.2) is 0 Å². The highest BCUT2D eigenvalue weighted by molar-refractivity contribution is 5.87. The summed E-state index contributed by atoms with van der Waals surface area (Å²) in [5.41, 5.74) is 2.01. The molecule has 0 atom stereocenters. The minimum atomic E-state index is 0.630. The Morgan fingerprint density at radius 1 is 0.964 bits per heavy atom. The molecule has 1 aromatic carbocycles. The zero-order valence-corrected chi connectivity index (χ0v) is 16.3. The SMILES string of the molecule is c1ccc2nc(N3CCC(NC4CCCCC4)CC3)c(-c3ncco3)cc2c1. The minimum absolute atomic E-state index is 0.630. The monoisotopic (exact) mass is 376 g/mol. The van der Waals surface area contributed by atoms with Crippen molar-refractivity contribution in [3.63, 3.8) is 0 Å². The Hall–Kier alpha value is -2.40. The van der Waals surface area contributed by atoms with Crippen molar-refractivity contribution in [1.29, 1.82) is 0 Å². The number of para-hydroxylation sites is 1. The van der Waals surface area contributed by atoms with Crippen LogP contribution < -0.4 is 10.2 Å². The lowest BCUT2D eigenvalue weighted by atomic mass is 9.93. The van der Waals surface area contributed by atoms with Gasteiger partial charge in [0.25, 0.3) is 0 Å². The predicted octanol–water partition coefficient (Wildman–Crippen LogP) is 4.78. The summed E-state index contributed by atoms with van der Waals surface area (Å²) in [6, 6.07) is 11.8. The van der Waals surface area contributed by atoms with Crippen molar-refractivity contribution in [2.75, 3.05) is 18.0 Å². The summed E-state index contributed by atoms with van der Waals surface area (Å²) in [6.07, 6.45) is 12.5. The van der Waals surface area contributed by atoms with Gasteiger partial charge in [0.05, 0.1) is 17.3 Å². The molecule has 5 heteroatoms. The van der Waals surface area contributed by atoms with E-state index in [2.05, 4.69) is 33.4 Å². The molecule has 2 aliphatic rings. The molecule has 0 amide bonds. The van der Waals surface area contributed by atoms with Crippen molar-refractivity contribution >= 4 is 16.7 Å². The molecule has 0 bridgehead atoms.